The van der Waals surface area contributed by atoms with Gasteiger partial charge in [0.2, 0.25) is 0 Å². The summed E-state index contributed by atoms with van der Waals surface area (Å²) < 4.78 is 12.3. The Balaban J connectivity index is 1.76. The summed E-state index contributed by atoms with van der Waals surface area (Å²) in [4.78, 5) is 12.3. The quantitative estimate of drug-likeness (QED) is 0.309. The van der Waals surface area contributed by atoms with Gasteiger partial charge in [0.05, 0.1) is 35.0 Å². The van der Waals surface area contributed by atoms with E-state index in [4.69, 9.17) is 21.1 Å². The molecule has 0 aliphatic carbocycles. The molecule has 8 heteroatoms. The third-order valence-electron chi connectivity index (χ3n) is 4.34. The van der Waals surface area contributed by atoms with E-state index in [1.165, 1.54) is 6.21 Å². The molecule has 0 saturated carbocycles. The minimum absolute atomic E-state index is 0.166. The van der Waals surface area contributed by atoms with Gasteiger partial charge in [-0.05, 0) is 58.7 Å². The highest BCUT2D eigenvalue weighted by molar-refractivity contribution is 9.10. The van der Waals surface area contributed by atoms with Crippen molar-refractivity contribution in [1.82, 2.24) is 5.43 Å². The summed E-state index contributed by atoms with van der Waals surface area (Å²) >= 11 is 9.78. The maximum Gasteiger partial charge on any atom is 0.272 e. The van der Waals surface area contributed by atoms with Crippen LogP contribution in [0.2, 0.25) is 5.02 Å². The van der Waals surface area contributed by atoms with E-state index in [2.05, 4.69) is 32.5 Å². The molecule has 3 aromatic rings. The number of benzene rings is 3. The van der Waals surface area contributed by atoms with E-state index < -0.39 is 0 Å². The van der Waals surface area contributed by atoms with E-state index >= 15 is 0 Å². The molecular weight excluding hydrogens is 494 g/mol. The zero-order valence-corrected chi connectivity index (χ0v) is 19.5. The third-order valence-corrected chi connectivity index (χ3v) is 5.31. The standard InChI is InChI=1S/C24H19BrClN3O3/c1-2-31-22-12-16(14-28-29-24(30)19-9-5-6-10-20(19)25)11-21(26)23(22)32-15-18-8-4-3-7-17(18)13-27/h3-12,14H,2,15H2,1H3,(H,29,30)/b28-14+. The zero-order valence-electron chi connectivity index (χ0n) is 17.1. The van der Waals surface area contributed by atoms with E-state index in [0.717, 1.165) is 5.56 Å². The van der Waals surface area contributed by atoms with Gasteiger partial charge in [0, 0.05) is 10.0 Å². The van der Waals surface area contributed by atoms with Crippen molar-refractivity contribution in [3.05, 3.63) is 92.4 Å². The largest absolute Gasteiger partial charge is 0.490 e. The third kappa shape index (κ3) is 5.88. The van der Waals surface area contributed by atoms with E-state index in [1.54, 1.807) is 42.5 Å². The second-order valence-corrected chi connectivity index (χ2v) is 7.76. The molecule has 0 unspecified atom stereocenters. The summed E-state index contributed by atoms with van der Waals surface area (Å²) in [5.41, 5.74) is 4.86. The normalized spacial score (nSPS) is 10.6. The maximum atomic E-state index is 12.3. The van der Waals surface area contributed by atoms with Gasteiger partial charge in [-0.15, -0.1) is 0 Å². The summed E-state index contributed by atoms with van der Waals surface area (Å²) in [5, 5.41) is 13.6. The lowest BCUT2D eigenvalue weighted by Gasteiger charge is -2.15. The number of ether oxygens (including phenoxy) is 2. The van der Waals surface area contributed by atoms with Gasteiger partial charge in [0.1, 0.15) is 6.61 Å². The number of amides is 1. The van der Waals surface area contributed by atoms with Gasteiger partial charge in [-0.1, -0.05) is 41.9 Å². The van der Waals surface area contributed by atoms with Crippen LogP contribution < -0.4 is 14.9 Å². The first kappa shape index (κ1) is 23.3. The first-order valence-corrected chi connectivity index (χ1v) is 10.9. The molecule has 0 saturated heterocycles. The van der Waals surface area contributed by atoms with Crippen LogP contribution in [0.1, 0.15) is 34.0 Å². The van der Waals surface area contributed by atoms with Crippen LogP contribution in [-0.2, 0) is 6.61 Å². The first-order valence-electron chi connectivity index (χ1n) is 9.68. The molecule has 1 N–H and O–H groups in total. The number of nitrogens with one attached hydrogen (secondary N) is 1. The van der Waals surface area contributed by atoms with Crippen molar-refractivity contribution in [2.75, 3.05) is 6.61 Å². The number of nitriles is 1. The Labute approximate surface area is 199 Å². The summed E-state index contributed by atoms with van der Waals surface area (Å²) in [6, 6.07) is 19.8. The molecule has 6 nitrogen and oxygen atoms in total. The molecule has 162 valence electrons. The Bertz CT molecular complexity index is 1190. The van der Waals surface area contributed by atoms with Crippen LogP contribution in [0.3, 0.4) is 0 Å². The van der Waals surface area contributed by atoms with Gasteiger partial charge in [-0.25, -0.2) is 5.43 Å². The number of rotatable bonds is 8. The molecule has 0 aliphatic heterocycles. The molecule has 0 radical (unpaired) electrons. The monoisotopic (exact) mass is 511 g/mol. The van der Waals surface area contributed by atoms with Crippen molar-refractivity contribution in [3.8, 4) is 17.6 Å². The molecule has 0 aliphatic rings. The Morgan fingerprint density at radius 2 is 1.94 bits per heavy atom. The molecule has 0 atom stereocenters. The van der Waals surface area contributed by atoms with E-state index in [9.17, 15) is 10.1 Å². The second kappa shape index (κ2) is 11.3. The summed E-state index contributed by atoms with van der Waals surface area (Å²) in [6.45, 7) is 2.42. The van der Waals surface area contributed by atoms with Crippen molar-refractivity contribution in [2.45, 2.75) is 13.5 Å². The van der Waals surface area contributed by atoms with E-state index in [0.29, 0.717) is 44.3 Å². The molecule has 32 heavy (non-hydrogen) atoms. The lowest BCUT2D eigenvalue weighted by molar-refractivity contribution is 0.0954. The highest BCUT2D eigenvalue weighted by Gasteiger charge is 2.14. The lowest BCUT2D eigenvalue weighted by atomic mass is 10.1. The predicted molar refractivity (Wildman–Crippen MR) is 127 cm³/mol. The number of hydrazone groups is 1. The average Bonchev–Trinajstić information content (AvgIpc) is 2.79. The molecule has 3 aromatic carbocycles. The Hall–Kier alpha value is -3.34. The molecule has 3 rings (SSSR count). The Morgan fingerprint density at radius 3 is 2.69 bits per heavy atom. The van der Waals surface area contributed by atoms with Crippen LogP contribution in [0.25, 0.3) is 0 Å². The van der Waals surface area contributed by atoms with Crippen molar-refractivity contribution < 1.29 is 14.3 Å². The fraction of sp³-hybridized carbons (Fsp3) is 0.125. The van der Waals surface area contributed by atoms with Crippen LogP contribution in [-0.4, -0.2) is 18.7 Å². The molecule has 1 amide bonds. The number of hydrogen-bond donors (Lipinski definition) is 1. The van der Waals surface area contributed by atoms with Gasteiger partial charge in [0.15, 0.2) is 11.5 Å². The van der Waals surface area contributed by atoms with Gasteiger partial charge in [-0.3, -0.25) is 4.79 Å². The van der Waals surface area contributed by atoms with Crippen molar-refractivity contribution in [3.63, 3.8) is 0 Å². The molecule has 0 bridgehead atoms. The van der Waals surface area contributed by atoms with E-state index in [1.807, 2.05) is 25.1 Å². The van der Waals surface area contributed by atoms with Crippen molar-refractivity contribution in [2.24, 2.45) is 5.10 Å². The Morgan fingerprint density at radius 1 is 1.19 bits per heavy atom. The van der Waals surface area contributed by atoms with E-state index in [-0.39, 0.29) is 12.5 Å². The molecule has 0 aromatic heterocycles. The van der Waals surface area contributed by atoms with Gasteiger partial charge >= 0.3 is 0 Å². The lowest BCUT2D eigenvalue weighted by Crippen LogP contribution is -2.18. The first-order chi connectivity index (χ1) is 15.5. The number of carbonyl (C=O) groups excluding carboxylic acids is 1. The molecule has 0 fully saturated rings. The van der Waals surface area contributed by atoms with Gasteiger partial charge in [-0.2, -0.15) is 10.4 Å². The van der Waals surface area contributed by atoms with Crippen LogP contribution in [0.5, 0.6) is 11.5 Å². The number of halogens is 2. The molecule has 0 heterocycles. The van der Waals surface area contributed by atoms with Gasteiger partial charge < -0.3 is 9.47 Å². The van der Waals surface area contributed by atoms with Crippen molar-refractivity contribution in [1.29, 1.82) is 5.26 Å². The smallest absolute Gasteiger partial charge is 0.272 e. The number of carbonyl (C=O) groups is 1. The highest BCUT2D eigenvalue weighted by Crippen LogP contribution is 2.37. The Kier molecular flexibility index (Phi) is 8.26. The molecular formula is C24H19BrClN3O3. The number of nitrogens with zero attached hydrogens (tertiary/aromatic N) is 2. The minimum Gasteiger partial charge on any atom is -0.490 e. The summed E-state index contributed by atoms with van der Waals surface area (Å²) in [6.07, 6.45) is 1.47. The SMILES string of the molecule is CCOc1cc(/C=N/NC(=O)c2ccccc2Br)cc(Cl)c1OCc1ccccc1C#N. The second-order valence-electron chi connectivity index (χ2n) is 6.50. The zero-order chi connectivity index (χ0) is 22.9. The van der Waals surface area contributed by atoms with Crippen LogP contribution in [0.4, 0.5) is 0 Å². The summed E-state index contributed by atoms with van der Waals surface area (Å²) in [7, 11) is 0. The van der Waals surface area contributed by atoms with Crippen LogP contribution >= 0.6 is 27.5 Å². The molecule has 0 spiro atoms. The fourth-order valence-corrected chi connectivity index (χ4v) is 3.58. The predicted octanol–water partition coefficient (Wildman–Crippen LogP) is 5.72. The van der Waals surface area contributed by atoms with Crippen molar-refractivity contribution >= 4 is 39.7 Å². The highest BCUT2D eigenvalue weighted by atomic mass is 79.9. The minimum atomic E-state index is -0.346. The fourth-order valence-electron chi connectivity index (χ4n) is 2.84. The topological polar surface area (TPSA) is 83.7 Å². The maximum absolute atomic E-state index is 12.3. The summed E-state index contributed by atoms with van der Waals surface area (Å²) in [5.74, 6) is 0.463. The van der Waals surface area contributed by atoms with Gasteiger partial charge in [0.25, 0.3) is 5.91 Å². The number of hydrogen-bond acceptors (Lipinski definition) is 5. The van der Waals surface area contributed by atoms with Crippen LogP contribution in [0.15, 0.2) is 70.2 Å². The van der Waals surface area contributed by atoms with Crippen LogP contribution in [0, 0.1) is 11.3 Å². The average molecular weight is 513 g/mol.